The van der Waals surface area contributed by atoms with Gasteiger partial charge in [-0.25, -0.2) is 0 Å². The van der Waals surface area contributed by atoms with E-state index in [1.165, 1.54) is 0 Å². The summed E-state index contributed by atoms with van der Waals surface area (Å²) < 4.78 is 0. The van der Waals surface area contributed by atoms with E-state index in [-0.39, 0.29) is 34.1 Å². The number of carboxylic acid groups (broad SMARTS) is 3. The minimum absolute atomic E-state index is 0. The molecule has 6 nitrogen and oxygen atoms in total. The molecule has 0 saturated carbocycles. The number of rotatable bonds is 3. The van der Waals surface area contributed by atoms with E-state index in [9.17, 15) is 29.7 Å². The van der Waals surface area contributed by atoms with Crippen LogP contribution in [0.25, 0.3) is 32.3 Å². The minimum Gasteiger partial charge on any atom is -0.545 e. The van der Waals surface area contributed by atoms with E-state index in [0.29, 0.717) is 0 Å². The normalized spacial score (nSPS) is 10.1. The molecule has 0 spiro atoms. The summed E-state index contributed by atoms with van der Waals surface area (Å²) in [5.74, 6) is -3.38. The van der Waals surface area contributed by atoms with Crippen LogP contribution in [0.4, 0.5) is 0 Å². The minimum atomic E-state index is -1.13. The van der Waals surface area contributed by atoms with Gasteiger partial charge in [-0.2, -0.15) is 0 Å². The van der Waals surface area contributed by atoms with Gasteiger partial charge >= 0.3 is 17.4 Å². The molecule has 0 saturated heterocycles. The van der Waals surface area contributed by atoms with Crippen LogP contribution in [0.3, 0.4) is 0 Å². The fraction of sp³-hybridized carbons (Fsp3) is 0.0833. The molecule has 0 heterocycles. The predicted octanol–water partition coefficient (Wildman–Crippen LogP) is 4.15. The van der Waals surface area contributed by atoms with Gasteiger partial charge in [0.05, 0.1) is 17.9 Å². The average molecular weight is 583 g/mol. The van der Waals surface area contributed by atoms with Crippen molar-refractivity contribution in [2.75, 3.05) is 0 Å². The Kier molecular flexibility index (Phi) is 10.8. The third-order valence-corrected chi connectivity index (χ3v) is 6.91. The van der Waals surface area contributed by atoms with E-state index in [0.717, 1.165) is 49.0 Å². The molecular weight excluding hydrogens is 555 g/mol. The van der Waals surface area contributed by atoms with Gasteiger partial charge in [0.1, 0.15) is 0 Å². The maximum atomic E-state index is 10.7. The summed E-state index contributed by atoms with van der Waals surface area (Å²) >= 11 is 0. The summed E-state index contributed by atoms with van der Waals surface area (Å²) in [6.45, 7) is 5.69. The predicted molar refractivity (Wildman–Crippen MR) is 165 cm³/mol. The molecule has 0 N–H and O–H groups in total. The zero-order chi connectivity index (χ0) is 30.4. The third-order valence-electron chi connectivity index (χ3n) is 6.91. The van der Waals surface area contributed by atoms with Crippen molar-refractivity contribution in [1.29, 1.82) is 0 Å². The van der Waals surface area contributed by atoms with Crippen LogP contribution in [0.1, 0.15) is 47.8 Å². The summed E-state index contributed by atoms with van der Waals surface area (Å²) in [4.78, 5) is 32.1. The largest absolute Gasteiger partial charge is 3.00 e. The van der Waals surface area contributed by atoms with Crippen molar-refractivity contribution in [3.8, 4) is 0 Å². The van der Waals surface area contributed by atoms with Crippen molar-refractivity contribution >= 4 is 67.6 Å². The Morgan fingerprint density at radius 3 is 0.884 bits per heavy atom. The second kappa shape index (κ2) is 14.3. The van der Waals surface area contributed by atoms with Crippen LogP contribution in [0.2, 0.25) is 0 Å². The van der Waals surface area contributed by atoms with Crippen molar-refractivity contribution in [1.82, 2.24) is 0 Å². The summed E-state index contributed by atoms with van der Waals surface area (Å²) in [6, 6.07) is 32.9. The first-order valence-electron chi connectivity index (χ1n) is 13.2. The molecule has 0 fully saturated rings. The Morgan fingerprint density at radius 2 is 0.651 bits per heavy atom. The molecule has 0 atom stereocenters. The van der Waals surface area contributed by atoms with E-state index in [1.54, 1.807) is 36.4 Å². The molecule has 6 rings (SSSR count). The van der Waals surface area contributed by atoms with Gasteiger partial charge in [0.25, 0.3) is 0 Å². The van der Waals surface area contributed by atoms with E-state index in [1.807, 2.05) is 93.6 Å². The third kappa shape index (κ3) is 7.87. The van der Waals surface area contributed by atoms with Gasteiger partial charge in [-0.3, -0.25) is 0 Å². The summed E-state index contributed by atoms with van der Waals surface area (Å²) in [5, 5.41) is 38.1. The van der Waals surface area contributed by atoms with Crippen LogP contribution < -0.4 is 15.3 Å². The molecule has 43 heavy (non-hydrogen) atoms. The number of hydrogen-bond acceptors (Lipinski definition) is 6. The monoisotopic (exact) mass is 582 g/mol. The Labute approximate surface area is 260 Å². The van der Waals surface area contributed by atoms with E-state index in [2.05, 4.69) is 0 Å². The summed E-state index contributed by atoms with van der Waals surface area (Å²) in [7, 11) is 0. The smallest absolute Gasteiger partial charge is 0.545 e. The van der Waals surface area contributed by atoms with Crippen molar-refractivity contribution in [3.63, 3.8) is 0 Å². The van der Waals surface area contributed by atoms with Crippen molar-refractivity contribution in [3.05, 3.63) is 143 Å². The number of carboxylic acids is 3. The molecule has 0 aromatic heterocycles. The fourth-order valence-electron chi connectivity index (χ4n) is 4.86. The van der Waals surface area contributed by atoms with Gasteiger partial charge in [-0.05, 0) is 123 Å². The SMILES string of the molecule is Cc1cc(C(=O)[O-])cc2ccccc12.Cc1cc(C(=O)[O-])cc2ccccc12.Cc1cc(C(=O)[O-])cc2ccccc12.[Al+3]. The van der Waals surface area contributed by atoms with E-state index in [4.69, 9.17) is 0 Å². The summed E-state index contributed by atoms with van der Waals surface area (Å²) in [6.07, 6.45) is 0. The van der Waals surface area contributed by atoms with Crippen LogP contribution in [0, 0.1) is 20.8 Å². The first-order chi connectivity index (χ1) is 20.0. The number of carbonyl (C=O) groups excluding carboxylic acids is 3. The molecule has 0 aliphatic rings. The van der Waals surface area contributed by atoms with Crippen LogP contribution in [-0.2, 0) is 0 Å². The van der Waals surface area contributed by atoms with Crippen LogP contribution in [-0.4, -0.2) is 35.3 Å². The van der Waals surface area contributed by atoms with Crippen molar-refractivity contribution in [2.45, 2.75) is 20.8 Å². The number of aryl methyl sites for hydroxylation is 3. The van der Waals surface area contributed by atoms with Crippen molar-refractivity contribution < 1.29 is 29.7 Å². The topological polar surface area (TPSA) is 120 Å². The molecule has 7 heteroatoms. The molecule has 0 aliphatic carbocycles. The maximum Gasteiger partial charge on any atom is 3.00 e. The number of carbonyl (C=O) groups is 3. The molecule has 0 aliphatic heterocycles. The molecule has 210 valence electrons. The molecule has 0 bridgehead atoms. The quantitative estimate of drug-likeness (QED) is 0.289. The number of fused-ring (bicyclic) bond motifs is 3. The number of benzene rings is 6. The van der Waals surface area contributed by atoms with Crippen LogP contribution >= 0.6 is 0 Å². The zero-order valence-corrected chi connectivity index (χ0v) is 25.1. The van der Waals surface area contributed by atoms with Crippen molar-refractivity contribution in [2.24, 2.45) is 0 Å². The Morgan fingerprint density at radius 1 is 0.419 bits per heavy atom. The number of aromatic carboxylic acids is 3. The second-order valence-electron chi connectivity index (χ2n) is 9.91. The molecule has 0 amide bonds. The van der Waals surface area contributed by atoms with Gasteiger partial charge in [0.15, 0.2) is 0 Å². The average Bonchev–Trinajstić information content (AvgIpc) is 2.97. The van der Waals surface area contributed by atoms with Gasteiger partial charge in [-0.1, -0.05) is 72.8 Å². The fourth-order valence-corrected chi connectivity index (χ4v) is 4.86. The Hall–Kier alpha value is -4.96. The van der Waals surface area contributed by atoms with Crippen LogP contribution in [0.5, 0.6) is 0 Å². The van der Waals surface area contributed by atoms with E-state index >= 15 is 0 Å². The first-order valence-corrected chi connectivity index (χ1v) is 13.2. The Balaban J connectivity index is 0.000000175. The summed E-state index contributed by atoms with van der Waals surface area (Å²) in [5.41, 5.74) is 3.59. The molecule has 0 unspecified atom stereocenters. The second-order valence-corrected chi connectivity index (χ2v) is 9.91. The van der Waals surface area contributed by atoms with Gasteiger partial charge in [0.2, 0.25) is 0 Å². The van der Waals surface area contributed by atoms with Gasteiger partial charge < -0.3 is 29.7 Å². The Bertz CT molecular complexity index is 1740. The maximum absolute atomic E-state index is 10.7. The zero-order valence-electron chi connectivity index (χ0n) is 23.9. The molecule has 6 aromatic carbocycles. The van der Waals surface area contributed by atoms with Gasteiger partial charge in [0, 0.05) is 0 Å². The number of hydrogen-bond donors (Lipinski definition) is 0. The first kappa shape index (κ1) is 32.6. The molecular formula is C36H27AlO6. The van der Waals surface area contributed by atoms with Gasteiger partial charge in [-0.15, -0.1) is 0 Å². The molecule has 6 aromatic rings. The molecule has 0 radical (unpaired) electrons. The van der Waals surface area contributed by atoms with E-state index < -0.39 is 17.9 Å². The standard InChI is InChI=1S/3C12H10O2.Al/c3*1-8-6-10(12(13)14)7-9-4-2-3-5-11(8)9;/h3*2-7H,1H3,(H,13,14);/q;;;+3/p-3. The van der Waals surface area contributed by atoms with Crippen LogP contribution in [0.15, 0.2) is 109 Å².